The molecule has 1 aliphatic carbocycles. The van der Waals surface area contributed by atoms with Crippen LogP contribution in [-0.4, -0.2) is 17.7 Å². The van der Waals surface area contributed by atoms with E-state index in [2.05, 4.69) is 0 Å². The fourth-order valence-electron chi connectivity index (χ4n) is 3.07. The highest BCUT2D eigenvalue weighted by Crippen LogP contribution is 2.33. The molecule has 1 saturated carbocycles. The number of aliphatic carboxylic acids is 1. The fraction of sp³-hybridized carbons (Fsp3) is 0.208. The molecule has 0 aromatic heterocycles. The summed E-state index contributed by atoms with van der Waals surface area (Å²) in [6.45, 7) is 0.655. The van der Waals surface area contributed by atoms with Gasteiger partial charge in [0.15, 0.2) is 0 Å². The van der Waals surface area contributed by atoms with E-state index in [1.807, 2.05) is 54.6 Å². The molecule has 0 aliphatic heterocycles. The molecule has 0 radical (unpaired) electrons. The van der Waals surface area contributed by atoms with Crippen molar-refractivity contribution in [3.05, 3.63) is 77.3 Å². The Morgan fingerprint density at radius 1 is 0.931 bits per heavy atom. The normalized spacial score (nSPS) is 13.1. The molecule has 5 heteroatoms. The van der Waals surface area contributed by atoms with E-state index in [1.54, 1.807) is 12.1 Å². The second-order valence-corrected chi connectivity index (χ2v) is 7.71. The first-order valence-corrected chi connectivity index (χ1v) is 9.95. The van der Waals surface area contributed by atoms with Gasteiger partial charge in [0.25, 0.3) is 0 Å². The predicted octanol–water partition coefficient (Wildman–Crippen LogP) is 6.22. The molecular formula is C24H21ClO4. The van der Waals surface area contributed by atoms with E-state index in [0.717, 1.165) is 11.1 Å². The molecule has 3 aromatic rings. The first-order valence-electron chi connectivity index (χ1n) is 9.57. The van der Waals surface area contributed by atoms with Crippen molar-refractivity contribution in [2.45, 2.75) is 19.3 Å². The lowest BCUT2D eigenvalue weighted by Gasteiger charge is -2.12. The Hall–Kier alpha value is -2.98. The topological polar surface area (TPSA) is 55.8 Å². The summed E-state index contributed by atoms with van der Waals surface area (Å²) in [4.78, 5) is 11.2. The molecule has 29 heavy (non-hydrogen) atoms. The molecule has 4 rings (SSSR count). The molecule has 0 atom stereocenters. The zero-order valence-corrected chi connectivity index (χ0v) is 16.6. The monoisotopic (exact) mass is 408 g/mol. The molecule has 0 saturated heterocycles. The van der Waals surface area contributed by atoms with Crippen LogP contribution >= 0.6 is 11.6 Å². The van der Waals surface area contributed by atoms with Crippen LogP contribution in [0.4, 0.5) is 0 Å². The number of carboxylic acids is 1. The third-order valence-electron chi connectivity index (χ3n) is 4.73. The van der Waals surface area contributed by atoms with Gasteiger partial charge in [0.2, 0.25) is 0 Å². The Balaban J connectivity index is 1.57. The molecule has 148 valence electrons. The molecule has 0 bridgehead atoms. The van der Waals surface area contributed by atoms with Crippen molar-refractivity contribution in [3.63, 3.8) is 0 Å². The second kappa shape index (κ2) is 8.58. The SMILES string of the molecule is O=C(O)Cc1cc(OCC2CC2)cc(Oc2cccc(-c3ccc(Cl)cc3)c2)c1. The van der Waals surface area contributed by atoms with Crippen LogP contribution in [0.3, 0.4) is 0 Å². The minimum absolute atomic E-state index is 0.0815. The summed E-state index contributed by atoms with van der Waals surface area (Å²) < 4.78 is 11.9. The van der Waals surface area contributed by atoms with E-state index >= 15 is 0 Å². The summed E-state index contributed by atoms with van der Waals surface area (Å²) in [6, 6.07) is 20.7. The Labute approximate surface area is 174 Å². The number of carbonyl (C=O) groups is 1. The highest BCUT2D eigenvalue weighted by Gasteiger charge is 2.22. The molecule has 1 N–H and O–H groups in total. The van der Waals surface area contributed by atoms with Crippen molar-refractivity contribution in [2.24, 2.45) is 5.92 Å². The maximum absolute atomic E-state index is 11.2. The number of benzene rings is 3. The van der Waals surface area contributed by atoms with E-state index in [4.69, 9.17) is 26.2 Å². The average Bonchev–Trinajstić information content (AvgIpc) is 3.51. The van der Waals surface area contributed by atoms with Crippen LogP contribution in [0, 0.1) is 5.92 Å². The van der Waals surface area contributed by atoms with Gasteiger partial charge in [-0.25, -0.2) is 0 Å². The summed E-state index contributed by atoms with van der Waals surface area (Å²) in [7, 11) is 0. The largest absolute Gasteiger partial charge is 0.493 e. The highest BCUT2D eigenvalue weighted by molar-refractivity contribution is 6.30. The van der Waals surface area contributed by atoms with Crippen LogP contribution in [0.15, 0.2) is 66.7 Å². The maximum Gasteiger partial charge on any atom is 0.307 e. The van der Waals surface area contributed by atoms with Crippen molar-refractivity contribution in [1.82, 2.24) is 0 Å². The Bertz CT molecular complexity index is 1010. The average molecular weight is 409 g/mol. The molecule has 0 amide bonds. The van der Waals surface area contributed by atoms with Crippen LogP contribution in [-0.2, 0) is 11.2 Å². The summed E-state index contributed by atoms with van der Waals surface area (Å²) in [5, 5.41) is 9.85. The van der Waals surface area contributed by atoms with Gasteiger partial charge in [-0.3, -0.25) is 4.79 Å². The summed E-state index contributed by atoms with van der Waals surface area (Å²) in [6.07, 6.45) is 2.30. The van der Waals surface area contributed by atoms with Crippen molar-refractivity contribution in [3.8, 4) is 28.4 Å². The van der Waals surface area contributed by atoms with E-state index in [1.165, 1.54) is 12.8 Å². The number of ether oxygens (including phenoxy) is 2. The van der Waals surface area contributed by atoms with Crippen molar-refractivity contribution >= 4 is 17.6 Å². The lowest BCUT2D eigenvalue weighted by atomic mass is 10.1. The van der Waals surface area contributed by atoms with Gasteiger partial charge in [0.1, 0.15) is 17.2 Å². The van der Waals surface area contributed by atoms with Gasteiger partial charge in [0.05, 0.1) is 13.0 Å². The zero-order valence-electron chi connectivity index (χ0n) is 15.8. The highest BCUT2D eigenvalue weighted by atomic mass is 35.5. The Morgan fingerprint density at radius 3 is 2.41 bits per heavy atom. The van der Waals surface area contributed by atoms with E-state index in [9.17, 15) is 4.79 Å². The van der Waals surface area contributed by atoms with Crippen molar-refractivity contribution < 1.29 is 19.4 Å². The van der Waals surface area contributed by atoms with Gasteiger partial charge in [-0.1, -0.05) is 35.9 Å². The van der Waals surface area contributed by atoms with Gasteiger partial charge < -0.3 is 14.6 Å². The third kappa shape index (κ3) is 5.52. The van der Waals surface area contributed by atoms with Gasteiger partial charge >= 0.3 is 5.97 Å². The van der Waals surface area contributed by atoms with Gasteiger partial charge in [0, 0.05) is 11.1 Å². The van der Waals surface area contributed by atoms with E-state index in [-0.39, 0.29) is 6.42 Å². The third-order valence-corrected chi connectivity index (χ3v) is 4.98. The van der Waals surface area contributed by atoms with Gasteiger partial charge in [-0.15, -0.1) is 0 Å². The molecule has 0 heterocycles. The number of hydrogen-bond acceptors (Lipinski definition) is 3. The lowest BCUT2D eigenvalue weighted by molar-refractivity contribution is -0.136. The number of rotatable bonds is 8. The van der Waals surface area contributed by atoms with Crippen LogP contribution in [0.25, 0.3) is 11.1 Å². The zero-order chi connectivity index (χ0) is 20.2. The minimum Gasteiger partial charge on any atom is -0.493 e. The smallest absolute Gasteiger partial charge is 0.307 e. The van der Waals surface area contributed by atoms with E-state index in [0.29, 0.717) is 40.4 Å². The quantitative estimate of drug-likeness (QED) is 0.481. The molecule has 4 nitrogen and oxygen atoms in total. The molecule has 0 unspecified atom stereocenters. The van der Waals surface area contributed by atoms with Gasteiger partial charge in [-0.2, -0.15) is 0 Å². The van der Waals surface area contributed by atoms with Crippen LogP contribution in [0.5, 0.6) is 17.2 Å². The number of halogens is 1. The maximum atomic E-state index is 11.2. The first-order chi connectivity index (χ1) is 14.0. The van der Waals surface area contributed by atoms with Crippen LogP contribution < -0.4 is 9.47 Å². The first kappa shape index (κ1) is 19.3. The van der Waals surface area contributed by atoms with Crippen molar-refractivity contribution in [2.75, 3.05) is 6.61 Å². The summed E-state index contributed by atoms with van der Waals surface area (Å²) in [5.74, 6) is 1.58. The molecule has 1 fully saturated rings. The fourth-order valence-corrected chi connectivity index (χ4v) is 3.19. The molecule has 1 aliphatic rings. The molecule has 3 aromatic carbocycles. The van der Waals surface area contributed by atoms with Crippen LogP contribution in [0.1, 0.15) is 18.4 Å². The predicted molar refractivity (Wildman–Crippen MR) is 113 cm³/mol. The van der Waals surface area contributed by atoms with E-state index < -0.39 is 5.97 Å². The number of carboxylic acid groups (broad SMARTS) is 1. The summed E-state index contributed by atoms with van der Waals surface area (Å²) in [5.41, 5.74) is 2.69. The summed E-state index contributed by atoms with van der Waals surface area (Å²) >= 11 is 5.97. The minimum atomic E-state index is -0.889. The molecular weight excluding hydrogens is 388 g/mol. The Kier molecular flexibility index (Phi) is 5.72. The lowest BCUT2D eigenvalue weighted by Crippen LogP contribution is -2.03. The van der Waals surface area contributed by atoms with Gasteiger partial charge in [-0.05, 0) is 71.8 Å². The second-order valence-electron chi connectivity index (χ2n) is 7.27. The molecule has 0 spiro atoms. The van der Waals surface area contributed by atoms with Crippen LogP contribution in [0.2, 0.25) is 5.02 Å². The Morgan fingerprint density at radius 2 is 1.69 bits per heavy atom. The standard InChI is InChI=1S/C24H21ClO4/c25-20-8-6-18(7-9-20)19-2-1-3-21(13-19)29-23-11-17(12-24(26)27)10-22(14-23)28-15-16-4-5-16/h1-3,6-11,13-14,16H,4-5,12,15H2,(H,26,27). The van der Waals surface area contributed by atoms with Crippen molar-refractivity contribution in [1.29, 1.82) is 0 Å². The number of hydrogen-bond donors (Lipinski definition) is 1.